The molecule has 0 N–H and O–H groups in total. The zero-order valence-electron chi connectivity index (χ0n) is 18.8. The second-order valence-corrected chi connectivity index (χ2v) is 8.42. The fourth-order valence-corrected chi connectivity index (χ4v) is 4.36. The van der Waals surface area contributed by atoms with Crippen LogP contribution in [0.4, 0.5) is 5.69 Å². The highest BCUT2D eigenvalue weighted by Gasteiger charge is 2.20. The van der Waals surface area contributed by atoms with E-state index in [2.05, 4.69) is 40.3 Å². The van der Waals surface area contributed by atoms with Crippen molar-refractivity contribution in [3.05, 3.63) is 84.7 Å². The van der Waals surface area contributed by atoms with Crippen LogP contribution in [-0.2, 0) is 11.2 Å². The molecule has 7 nitrogen and oxygen atoms in total. The molecular weight excluding hydrogens is 444 g/mol. The number of aromatic nitrogens is 4. The van der Waals surface area contributed by atoms with Gasteiger partial charge in [0.05, 0.1) is 18.2 Å². The van der Waals surface area contributed by atoms with E-state index in [1.54, 1.807) is 17.3 Å². The standard InChI is InChI=1S/C26H24N6OS/c1-2-20-9-11-23(12-10-20)32-25(21-13-16-28-17-14-21)29-30-26(32)34-19-24(33)31(18-6-15-27)22-7-4-3-5-8-22/h3-5,7-14,16-17H,2,6,18-19H2,1H3. The summed E-state index contributed by atoms with van der Waals surface area (Å²) < 4.78 is 1.97. The van der Waals surface area contributed by atoms with E-state index in [9.17, 15) is 4.79 Å². The van der Waals surface area contributed by atoms with Gasteiger partial charge < -0.3 is 4.90 Å². The van der Waals surface area contributed by atoms with Gasteiger partial charge in [-0.05, 0) is 48.4 Å². The summed E-state index contributed by atoms with van der Waals surface area (Å²) >= 11 is 1.33. The molecule has 0 bridgehead atoms. The van der Waals surface area contributed by atoms with Crippen molar-refractivity contribution in [3.63, 3.8) is 0 Å². The molecule has 0 spiro atoms. The Labute approximate surface area is 203 Å². The topological polar surface area (TPSA) is 87.7 Å². The van der Waals surface area contributed by atoms with E-state index in [-0.39, 0.29) is 18.1 Å². The number of hydrogen-bond acceptors (Lipinski definition) is 6. The van der Waals surface area contributed by atoms with Crippen LogP contribution in [0.25, 0.3) is 17.1 Å². The number of para-hydroxylation sites is 1. The summed E-state index contributed by atoms with van der Waals surface area (Å²) in [5.41, 5.74) is 3.83. The summed E-state index contributed by atoms with van der Waals surface area (Å²) in [7, 11) is 0. The van der Waals surface area contributed by atoms with Crippen LogP contribution in [0.5, 0.6) is 0 Å². The van der Waals surface area contributed by atoms with E-state index >= 15 is 0 Å². The van der Waals surface area contributed by atoms with Crippen LogP contribution in [0.3, 0.4) is 0 Å². The summed E-state index contributed by atoms with van der Waals surface area (Å²) in [5.74, 6) is 0.765. The number of nitrogens with zero attached hydrogens (tertiary/aromatic N) is 6. The number of amides is 1. The van der Waals surface area contributed by atoms with Crippen molar-refractivity contribution in [2.75, 3.05) is 17.2 Å². The highest BCUT2D eigenvalue weighted by molar-refractivity contribution is 7.99. The number of anilines is 1. The number of benzene rings is 2. The number of nitriles is 1. The molecule has 0 radical (unpaired) electrons. The summed E-state index contributed by atoms with van der Waals surface area (Å²) in [6, 6.07) is 23.6. The molecular formula is C26H24N6OS. The molecule has 1 amide bonds. The van der Waals surface area contributed by atoms with Gasteiger partial charge >= 0.3 is 0 Å². The van der Waals surface area contributed by atoms with Gasteiger partial charge in [0.1, 0.15) is 0 Å². The SMILES string of the molecule is CCc1ccc(-n2c(SCC(=O)N(CCC#N)c3ccccc3)nnc2-c2ccncc2)cc1. The quantitative estimate of drug-likeness (QED) is 0.324. The Morgan fingerprint density at radius 1 is 1.03 bits per heavy atom. The molecule has 2 aromatic heterocycles. The molecule has 170 valence electrons. The Balaban J connectivity index is 1.63. The van der Waals surface area contributed by atoms with Gasteiger partial charge in [0.25, 0.3) is 0 Å². The monoisotopic (exact) mass is 468 g/mol. The molecule has 2 aromatic carbocycles. The lowest BCUT2D eigenvalue weighted by molar-refractivity contribution is -0.116. The molecule has 8 heteroatoms. The molecule has 34 heavy (non-hydrogen) atoms. The molecule has 4 aromatic rings. The lowest BCUT2D eigenvalue weighted by atomic mass is 10.1. The fraction of sp³-hybridized carbons (Fsp3) is 0.192. The van der Waals surface area contributed by atoms with Crippen LogP contribution in [0, 0.1) is 11.3 Å². The minimum Gasteiger partial charge on any atom is -0.311 e. The first kappa shape index (κ1) is 23.2. The summed E-state index contributed by atoms with van der Waals surface area (Å²) in [5, 5.41) is 18.5. The number of hydrogen-bond donors (Lipinski definition) is 0. The van der Waals surface area contributed by atoms with Gasteiger partial charge in [-0.15, -0.1) is 10.2 Å². The van der Waals surface area contributed by atoms with E-state index in [0.29, 0.717) is 17.5 Å². The predicted octanol–water partition coefficient (Wildman–Crippen LogP) is 4.93. The fourth-order valence-electron chi connectivity index (χ4n) is 3.54. The smallest absolute Gasteiger partial charge is 0.237 e. The molecule has 0 fully saturated rings. The zero-order valence-corrected chi connectivity index (χ0v) is 19.7. The molecule has 0 unspecified atom stereocenters. The Morgan fingerprint density at radius 3 is 2.44 bits per heavy atom. The highest BCUT2D eigenvalue weighted by Crippen LogP contribution is 2.28. The van der Waals surface area contributed by atoms with E-state index in [4.69, 9.17) is 5.26 Å². The van der Waals surface area contributed by atoms with Gasteiger partial charge in [0.15, 0.2) is 11.0 Å². The van der Waals surface area contributed by atoms with Crippen molar-refractivity contribution in [1.29, 1.82) is 5.26 Å². The number of carbonyl (C=O) groups is 1. The Hall–Kier alpha value is -3.96. The van der Waals surface area contributed by atoms with Crippen molar-refractivity contribution in [2.24, 2.45) is 0 Å². The van der Waals surface area contributed by atoms with E-state index in [0.717, 1.165) is 23.4 Å². The molecule has 0 atom stereocenters. The van der Waals surface area contributed by atoms with E-state index in [1.165, 1.54) is 17.3 Å². The normalized spacial score (nSPS) is 10.6. The maximum atomic E-state index is 13.2. The maximum Gasteiger partial charge on any atom is 0.237 e. The number of carbonyl (C=O) groups excluding carboxylic acids is 1. The average Bonchev–Trinajstić information content (AvgIpc) is 3.33. The molecule has 0 aliphatic heterocycles. The van der Waals surface area contributed by atoms with Crippen molar-refractivity contribution >= 4 is 23.4 Å². The molecule has 2 heterocycles. The number of pyridine rings is 1. The molecule has 0 aliphatic carbocycles. The van der Waals surface area contributed by atoms with Crippen LogP contribution in [0.15, 0.2) is 84.3 Å². The minimum atomic E-state index is -0.0900. The van der Waals surface area contributed by atoms with Crippen LogP contribution < -0.4 is 4.90 Å². The van der Waals surface area contributed by atoms with E-state index in [1.807, 2.05) is 59.2 Å². The van der Waals surface area contributed by atoms with E-state index < -0.39 is 0 Å². The first-order chi connectivity index (χ1) is 16.7. The van der Waals surface area contributed by atoms with Crippen molar-refractivity contribution in [2.45, 2.75) is 24.9 Å². The highest BCUT2D eigenvalue weighted by atomic mass is 32.2. The van der Waals surface area contributed by atoms with Crippen molar-refractivity contribution < 1.29 is 4.79 Å². The number of thioether (sulfide) groups is 1. The van der Waals surface area contributed by atoms with Gasteiger partial charge in [-0.3, -0.25) is 14.3 Å². The molecule has 4 rings (SSSR count). The summed E-state index contributed by atoms with van der Waals surface area (Å²) in [6.07, 6.45) is 4.65. The maximum absolute atomic E-state index is 13.2. The Kier molecular flexibility index (Phi) is 7.68. The van der Waals surface area contributed by atoms with Gasteiger partial charge in [0.2, 0.25) is 5.91 Å². The molecule has 0 saturated heterocycles. The Morgan fingerprint density at radius 2 is 1.76 bits per heavy atom. The van der Waals surface area contributed by atoms with Crippen LogP contribution in [0.2, 0.25) is 0 Å². The van der Waals surface area contributed by atoms with Crippen molar-refractivity contribution in [3.8, 4) is 23.1 Å². The third-order valence-electron chi connectivity index (χ3n) is 5.32. The first-order valence-electron chi connectivity index (χ1n) is 11.0. The number of aryl methyl sites for hydroxylation is 1. The van der Waals surface area contributed by atoms with Gasteiger partial charge in [-0.1, -0.05) is 49.0 Å². The molecule has 0 saturated carbocycles. The molecule has 0 aliphatic rings. The zero-order chi connectivity index (χ0) is 23.8. The summed E-state index contributed by atoms with van der Waals surface area (Å²) in [6.45, 7) is 2.46. The van der Waals surface area contributed by atoms with Crippen LogP contribution in [0.1, 0.15) is 18.9 Å². The third kappa shape index (κ3) is 5.33. The predicted molar refractivity (Wildman–Crippen MR) is 134 cm³/mol. The average molecular weight is 469 g/mol. The largest absolute Gasteiger partial charge is 0.311 e. The Bertz CT molecular complexity index is 1270. The second kappa shape index (κ2) is 11.3. The van der Waals surface area contributed by atoms with Gasteiger partial charge in [-0.25, -0.2) is 0 Å². The van der Waals surface area contributed by atoms with Crippen molar-refractivity contribution in [1.82, 2.24) is 19.7 Å². The lowest BCUT2D eigenvalue weighted by Crippen LogP contribution is -2.33. The van der Waals surface area contributed by atoms with Gasteiger partial charge in [-0.2, -0.15) is 5.26 Å². The first-order valence-corrected chi connectivity index (χ1v) is 12.0. The number of rotatable bonds is 9. The summed E-state index contributed by atoms with van der Waals surface area (Å²) in [4.78, 5) is 18.9. The minimum absolute atomic E-state index is 0.0900. The van der Waals surface area contributed by atoms with Crippen LogP contribution in [-0.4, -0.2) is 38.0 Å². The lowest BCUT2D eigenvalue weighted by Gasteiger charge is -2.21. The van der Waals surface area contributed by atoms with Crippen LogP contribution >= 0.6 is 11.8 Å². The third-order valence-corrected chi connectivity index (χ3v) is 6.23. The second-order valence-electron chi connectivity index (χ2n) is 7.48. The van der Waals surface area contributed by atoms with Gasteiger partial charge in [0, 0.05) is 35.9 Å².